The lowest BCUT2D eigenvalue weighted by Crippen LogP contribution is -2.10. The Labute approximate surface area is 114 Å². The van der Waals surface area contributed by atoms with Gasteiger partial charge in [-0.25, -0.2) is 0 Å². The first-order chi connectivity index (χ1) is 8.63. The number of amides is 1. The van der Waals surface area contributed by atoms with E-state index in [4.69, 9.17) is 0 Å². The second-order valence-corrected chi connectivity index (χ2v) is 4.64. The number of unbranched alkanes of at least 4 members (excludes halogenated alkanes) is 2. The first-order valence-electron chi connectivity index (χ1n) is 5.74. The fourth-order valence-corrected chi connectivity index (χ4v) is 1.84. The molecule has 0 fully saturated rings. The van der Waals surface area contributed by atoms with E-state index in [1.807, 2.05) is 0 Å². The molecule has 1 aromatic rings. The van der Waals surface area contributed by atoms with Gasteiger partial charge in [-0.2, -0.15) is 0 Å². The summed E-state index contributed by atoms with van der Waals surface area (Å²) in [6.07, 6.45) is 3.40. The van der Waals surface area contributed by atoms with Gasteiger partial charge in [-0.15, -0.1) is 0 Å². The van der Waals surface area contributed by atoms with Crippen LogP contribution in [0.2, 0.25) is 0 Å². The van der Waals surface area contributed by atoms with Crippen molar-refractivity contribution in [2.45, 2.75) is 25.7 Å². The molecular formula is C12H15BrN2O3. The molecule has 0 saturated carbocycles. The molecule has 18 heavy (non-hydrogen) atoms. The molecular weight excluding hydrogens is 300 g/mol. The minimum atomic E-state index is -0.466. The van der Waals surface area contributed by atoms with Gasteiger partial charge in [-0.05, 0) is 25.0 Å². The average Bonchev–Trinajstić information content (AvgIpc) is 2.35. The number of alkyl halides is 1. The van der Waals surface area contributed by atoms with Crippen LogP contribution in [-0.4, -0.2) is 16.2 Å². The fraction of sp³-hybridized carbons (Fsp3) is 0.417. The summed E-state index contributed by atoms with van der Waals surface area (Å²) in [5.41, 5.74) is 0.608. The summed E-state index contributed by atoms with van der Waals surface area (Å²) in [6.45, 7) is 0. The van der Waals surface area contributed by atoms with Crippen molar-refractivity contribution in [1.82, 2.24) is 0 Å². The van der Waals surface area contributed by atoms with E-state index in [9.17, 15) is 14.9 Å². The number of non-ortho nitro benzene ring substituents is 1. The third kappa shape index (κ3) is 5.27. The van der Waals surface area contributed by atoms with Gasteiger partial charge < -0.3 is 5.32 Å². The lowest BCUT2D eigenvalue weighted by atomic mass is 10.2. The molecule has 1 rings (SSSR count). The van der Waals surface area contributed by atoms with Crippen LogP contribution in [0.5, 0.6) is 0 Å². The van der Waals surface area contributed by atoms with Crippen LogP contribution < -0.4 is 5.32 Å². The molecule has 0 aliphatic rings. The van der Waals surface area contributed by atoms with Gasteiger partial charge in [0.1, 0.15) is 0 Å². The molecule has 0 unspecified atom stereocenters. The maximum Gasteiger partial charge on any atom is 0.269 e. The van der Waals surface area contributed by atoms with Crippen molar-refractivity contribution in [3.63, 3.8) is 0 Å². The number of nitrogens with one attached hydrogen (secondary N) is 1. The van der Waals surface area contributed by atoms with Crippen molar-refractivity contribution in [1.29, 1.82) is 0 Å². The number of nitro benzene ring substituents is 1. The maximum absolute atomic E-state index is 11.5. The standard InChI is InChI=1S/C12H15BrN2O3/c13-9-3-1-2-4-12(16)14-10-5-7-11(8-6-10)15(17)18/h5-8H,1-4,9H2,(H,14,16). The molecule has 0 atom stereocenters. The maximum atomic E-state index is 11.5. The number of nitro groups is 1. The molecule has 98 valence electrons. The summed E-state index contributed by atoms with van der Waals surface area (Å²) in [5, 5.41) is 14.1. The normalized spacial score (nSPS) is 10.1. The van der Waals surface area contributed by atoms with E-state index in [1.165, 1.54) is 24.3 Å². The lowest BCUT2D eigenvalue weighted by Gasteiger charge is -2.04. The van der Waals surface area contributed by atoms with Crippen molar-refractivity contribution >= 4 is 33.2 Å². The Balaban J connectivity index is 2.37. The quantitative estimate of drug-likeness (QED) is 0.362. The first kappa shape index (κ1) is 14.6. The Morgan fingerprint density at radius 1 is 1.22 bits per heavy atom. The second kappa shape index (κ2) is 7.81. The Morgan fingerprint density at radius 3 is 2.44 bits per heavy atom. The summed E-state index contributed by atoms with van der Waals surface area (Å²) in [5.74, 6) is -0.0570. The largest absolute Gasteiger partial charge is 0.326 e. The van der Waals surface area contributed by atoms with Crippen molar-refractivity contribution in [3.8, 4) is 0 Å². The van der Waals surface area contributed by atoms with E-state index < -0.39 is 4.92 Å². The summed E-state index contributed by atoms with van der Waals surface area (Å²) >= 11 is 3.33. The molecule has 0 aromatic heterocycles. The SMILES string of the molecule is O=C(CCCCCBr)Nc1ccc([N+](=O)[O-])cc1. The minimum Gasteiger partial charge on any atom is -0.326 e. The van der Waals surface area contributed by atoms with Gasteiger partial charge in [0.25, 0.3) is 5.69 Å². The molecule has 0 spiro atoms. The van der Waals surface area contributed by atoms with Gasteiger partial charge in [-0.3, -0.25) is 14.9 Å². The highest BCUT2D eigenvalue weighted by Gasteiger charge is 2.06. The number of rotatable bonds is 7. The number of nitrogens with zero attached hydrogens (tertiary/aromatic N) is 1. The Bertz CT molecular complexity index is 406. The van der Waals surface area contributed by atoms with Crippen molar-refractivity contribution < 1.29 is 9.72 Å². The van der Waals surface area contributed by atoms with E-state index in [0.29, 0.717) is 12.1 Å². The topological polar surface area (TPSA) is 72.2 Å². The summed E-state index contributed by atoms with van der Waals surface area (Å²) in [6, 6.07) is 5.82. The highest BCUT2D eigenvalue weighted by Crippen LogP contribution is 2.15. The van der Waals surface area contributed by atoms with E-state index in [1.54, 1.807) is 0 Å². The zero-order valence-corrected chi connectivity index (χ0v) is 11.5. The number of anilines is 1. The van der Waals surface area contributed by atoms with Crippen molar-refractivity contribution in [3.05, 3.63) is 34.4 Å². The molecule has 0 aliphatic carbocycles. The predicted octanol–water partition coefficient (Wildman–Crippen LogP) is 3.49. The number of carbonyl (C=O) groups excluding carboxylic acids is 1. The fourth-order valence-electron chi connectivity index (χ4n) is 1.45. The van der Waals surface area contributed by atoms with Crippen LogP contribution in [0.25, 0.3) is 0 Å². The second-order valence-electron chi connectivity index (χ2n) is 3.85. The van der Waals surface area contributed by atoms with E-state index >= 15 is 0 Å². The number of carbonyl (C=O) groups is 1. The summed E-state index contributed by atoms with van der Waals surface area (Å²) in [4.78, 5) is 21.5. The van der Waals surface area contributed by atoms with Crippen molar-refractivity contribution in [2.24, 2.45) is 0 Å². The van der Waals surface area contributed by atoms with Crippen molar-refractivity contribution in [2.75, 3.05) is 10.6 Å². The highest BCUT2D eigenvalue weighted by molar-refractivity contribution is 9.09. The number of hydrogen-bond acceptors (Lipinski definition) is 3. The smallest absolute Gasteiger partial charge is 0.269 e. The van der Waals surface area contributed by atoms with Crippen LogP contribution in [0, 0.1) is 10.1 Å². The molecule has 1 aromatic carbocycles. The molecule has 0 aliphatic heterocycles. The first-order valence-corrected chi connectivity index (χ1v) is 6.86. The average molecular weight is 315 g/mol. The van der Waals surface area contributed by atoms with Crippen LogP contribution >= 0.6 is 15.9 Å². The summed E-state index contributed by atoms with van der Waals surface area (Å²) in [7, 11) is 0. The number of benzene rings is 1. The van der Waals surface area contributed by atoms with Crippen LogP contribution in [0.15, 0.2) is 24.3 Å². The van der Waals surface area contributed by atoms with E-state index in [2.05, 4.69) is 21.2 Å². The molecule has 0 bridgehead atoms. The van der Waals surface area contributed by atoms with Crippen LogP contribution in [0.3, 0.4) is 0 Å². The highest BCUT2D eigenvalue weighted by atomic mass is 79.9. The van der Waals surface area contributed by atoms with Gasteiger partial charge in [0.05, 0.1) is 4.92 Å². The number of hydrogen-bond donors (Lipinski definition) is 1. The van der Waals surface area contributed by atoms with Gasteiger partial charge in [0.15, 0.2) is 0 Å². The van der Waals surface area contributed by atoms with E-state index in [-0.39, 0.29) is 11.6 Å². The Kier molecular flexibility index (Phi) is 6.35. The van der Waals surface area contributed by atoms with E-state index in [0.717, 1.165) is 24.6 Å². The zero-order valence-electron chi connectivity index (χ0n) is 9.89. The Morgan fingerprint density at radius 2 is 1.89 bits per heavy atom. The number of halogens is 1. The summed E-state index contributed by atoms with van der Waals surface area (Å²) < 4.78 is 0. The molecule has 0 radical (unpaired) electrons. The monoisotopic (exact) mass is 314 g/mol. The van der Waals surface area contributed by atoms with Gasteiger partial charge in [-0.1, -0.05) is 22.4 Å². The van der Waals surface area contributed by atoms with Crippen LogP contribution in [-0.2, 0) is 4.79 Å². The molecule has 0 saturated heterocycles. The third-order valence-electron chi connectivity index (χ3n) is 2.40. The van der Waals surface area contributed by atoms with Crippen LogP contribution in [0.1, 0.15) is 25.7 Å². The molecule has 6 heteroatoms. The predicted molar refractivity (Wildman–Crippen MR) is 74.0 cm³/mol. The van der Waals surface area contributed by atoms with Gasteiger partial charge >= 0.3 is 0 Å². The lowest BCUT2D eigenvalue weighted by molar-refractivity contribution is -0.384. The molecule has 0 heterocycles. The molecule has 1 N–H and O–H groups in total. The van der Waals surface area contributed by atoms with Gasteiger partial charge in [0, 0.05) is 29.6 Å². The molecule has 1 amide bonds. The zero-order chi connectivity index (χ0) is 13.4. The Hall–Kier alpha value is -1.43. The van der Waals surface area contributed by atoms with Gasteiger partial charge in [0.2, 0.25) is 5.91 Å². The van der Waals surface area contributed by atoms with Crippen LogP contribution in [0.4, 0.5) is 11.4 Å². The minimum absolute atomic E-state index is 0.0188. The third-order valence-corrected chi connectivity index (χ3v) is 2.96. The molecule has 5 nitrogen and oxygen atoms in total.